The van der Waals surface area contributed by atoms with Crippen LogP contribution in [0.25, 0.3) is 10.8 Å². The van der Waals surface area contributed by atoms with Gasteiger partial charge in [0.05, 0.1) is 17.3 Å². The highest BCUT2D eigenvalue weighted by atomic mass is 35.5. The van der Waals surface area contributed by atoms with Crippen LogP contribution in [0.5, 0.6) is 0 Å². The van der Waals surface area contributed by atoms with E-state index in [0.29, 0.717) is 15.7 Å². The van der Waals surface area contributed by atoms with Gasteiger partial charge in [0.15, 0.2) is 0 Å². The molecule has 0 saturated heterocycles. The molecule has 128 valence electrons. The molecule has 3 nitrogen and oxygen atoms in total. The summed E-state index contributed by atoms with van der Waals surface area (Å²) in [5, 5.41) is 9.38. The van der Waals surface area contributed by atoms with Crippen molar-refractivity contribution in [2.75, 3.05) is 11.9 Å². The fourth-order valence-electron chi connectivity index (χ4n) is 2.77. The van der Waals surface area contributed by atoms with E-state index in [1.165, 1.54) is 10.8 Å². The van der Waals surface area contributed by atoms with Gasteiger partial charge in [0.1, 0.15) is 0 Å². The molecule has 1 atom stereocenters. The second-order valence-electron chi connectivity index (χ2n) is 5.84. The summed E-state index contributed by atoms with van der Waals surface area (Å²) in [6, 6.07) is 19.4. The van der Waals surface area contributed by atoms with Gasteiger partial charge >= 0.3 is 0 Å². The van der Waals surface area contributed by atoms with Gasteiger partial charge in [-0.25, -0.2) is 0 Å². The average Bonchev–Trinajstić information content (AvgIpc) is 2.62. The summed E-state index contributed by atoms with van der Waals surface area (Å²) in [5.41, 5.74) is 1.67. The molecule has 0 bridgehead atoms. The van der Waals surface area contributed by atoms with E-state index < -0.39 is 0 Å². The lowest BCUT2D eigenvalue weighted by Crippen LogP contribution is -2.30. The molecule has 0 aliphatic rings. The average molecular weight is 373 g/mol. The number of amides is 1. The fourth-order valence-corrected chi connectivity index (χ4v) is 3.11. The smallest absolute Gasteiger partial charge is 0.238 e. The molecule has 3 aromatic rings. The van der Waals surface area contributed by atoms with Gasteiger partial charge in [-0.05, 0) is 41.5 Å². The molecular weight excluding hydrogens is 355 g/mol. The van der Waals surface area contributed by atoms with Crippen molar-refractivity contribution in [3.63, 3.8) is 0 Å². The number of carbonyl (C=O) groups excluding carboxylic acids is 1. The van der Waals surface area contributed by atoms with Gasteiger partial charge in [-0.2, -0.15) is 0 Å². The molecule has 0 fully saturated rings. The second kappa shape index (κ2) is 7.87. The van der Waals surface area contributed by atoms with Gasteiger partial charge in [-0.15, -0.1) is 0 Å². The molecule has 25 heavy (non-hydrogen) atoms. The van der Waals surface area contributed by atoms with Gasteiger partial charge in [-0.1, -0.05) is 65.7 Å². The van der Waals surface area contributed by atoms with Crippen LogP contribution in [-0.2, 0) is 4.79 Å². The van der Waals surface area contributed by atoms with E-state index in [1.54, 1.807) is 18.2 Å². The second-order valence-corrected chi connectivity index (χ2v) is 6.69. The van der Waals surface area contributed by atoms with E-state index in [0.717, 1.165) is 5.56 Å². The molecule has 0 aromatic heterocycles. The lowest BCUT2D eigenvalue weighted by atomic mass is 10.00. The first kappa shape index (κ1) is 17.7. The van der Waals surface area contributed by atoms with E-state index >= 15 is 0 Å². The molecule has 0 saturated carbocycles. The Labute approximate surface area is 156 Å². The number of rotatable bonds is 5. The lowest BCUT2D eigenvalue weighted by molar-refractivity contribution is -0.115. The van der Waals surface area contributed by atoms with Crippen molar-refractivity contribution < 1.29 is 4.79 Å². The van der Waals surface area contributed by atoms with Crippen molar-refractivity contribution in [1.29, 1.82) is 0 Å². The van der Waals surface area contributed by atoms with Crippen molar-refractivity contribution in [3.8, 4) is 0 Å². The zero-order chi connectivity index (χ0) is 17.8. The minimum absolute atomic E-state index is 0.0340. The number of halogens is 2. The Balaban J connectivity index is 1.66. The molecule has 0 unspecified atom stereocenters. The minimum Gasteiger partial charge on any atom is -0.324 e. The lowest BCUT2D eigenvalue weighted by Gasteiger charge is -2.16. The molecule has 2 N–H and O–H groups in total. The maximum absolute atomic E-state index is 12.2. The summed E-state index contributed by atoms with van der Waals surface area (Å²) in [4.78, 5) is 12.2. The number of fused-ring (bicyclic) bond motifs is 1. The molecule has 1 amide bonds. The zero-order valence-electron chi connectivity index (χ0n) is 13.7. The van der Waals surface area contributed by atoms with Crippen molar-refractivity contribution in [3.05, 3.63) is 76.3 Å². The summed E-state index contributed by atoms with van der Waals surface area (Å²) < 4.78 is 0. The maximum atomic E-state index is 12.2. The Kier molecular flexibility index (Phi) is 5.59. The highest BCUT2D eigenvalue weighted by molar-refractivity contribution is 6.35. The first-order valence-corrected chi connectivity index (χ1v) is 8.76. The number of anilines is 1. The predicted octanol–water partition coefficient (Wildman–Crippen LogP) is 5.44. The highest BCUT2D eigenvalue weighted by Gasteiger charge is 2.12. The minimum atomic E-state index is -0.170. The molecule has 0 radical (unpaired) electrons. The third-order valence-corrected chi connectivity index (χ3v) is 4.63. The summed E-state index contributed by atoms with van der Waals surface area (Å²) in [5.74, 6) is -0.170. The Morgan fingerprint density at radius 3 is 2.64 bits per heavy atom. The normalized spacial score (nSPS) is 12.1. The van der Waals surface area contributed by atoms with Crippen molar-refractivity contribution in [2.45, 2.75) is 13.0 Å². The SMILES string of the molecule is C[C@H](NCC(=O)Nc1cc(Cl)ccc1Cl)c1cccc2ccccc12. The van der Waals surface area contributed by atoms with Crippen LogP contribution < -0.4 is 10.6 Å². The van der Waals surface area contributed by atoms with Crippen LogP contribution in [0.2, 0.25) is 10.0 Å². The van der Waals surface area contributed by atoms with Crippen LogP contribution >= 0.6 is 23.2 Å². The van der Waals surface area contributed by atoms with Crippen LogP contribution in [0.3, 0.4) is 0 Å². The molecule has 3 aromatic carbocycles. The Hall–Kier alpha value is -2.07. The van der Waals surface area contributed by atoms with Gasteiger partial charge in [0.25, 0.3) is 0 Å². The maximum Gasteiger partial charge on any atom is 0.238 e. The first-order valence-electron chi connectivity index (χ1n) is 8.00. The quantitative estimate of drug-likeness (QED) is 0.626. The topological polar surface area (TPSA) is 41.1 Å². The summed E-state index contributed by atoms with van der Waals surface area (Å²) in [7, 11) is 0. The summed E-state index contributed by atoms with van der Waals surface area (Å²) >= 11 is 12.0. The Bertz CT molecular complexity index is 906. The van der Waals surface area contributed by atoms with Gasteiger partial charge in [0, 0.05) is 11.1 Å². The summed E-state index contributed by atoms with van der Waals surface area (Å²) in [6.07, 6.45) is 0. The number of carbonyl (C=O) groups is 1. The first-order chi connectivity index (χ1) is 12.0. The third kappa shape index (κ3) is 4.31. The van der Waals surface area contributed by atoms with E-state index in [-0.39, 0.29) is 18.5 Å². The van der Waals surface area contributed by atoms with Gasteiger partial charge in [0.2, 0.25) is 5.91 Å². The van der Waals surface area contributed by atoms with Crippen molar-refractivity contribution >= 4 is 45.6 Å². The number of nitrogens with one attached hydrogen (secondary N) is 2. The van der Waals surface area contributed by atoms with E-state index in [9.17, 15) is 4.79 Å². The van der Waals surface area contributed by atoms with Crippen LogP contribution in [0.15, 0.2) is 60.7 Å². The number of hydrogen-bond acceptors (Lipinski definition) is 2. The monoisotopic (exact) mass is 372 g/mol. The Morgan fingerprint density at radius 2 is 1.80 bits per heavy atom. The molecule has 5 heteroatoms. The standard InChI is InChI=1S/C20H18Cl2N2O/c1-13(16-8-4-6-14-5-2-3-7-17(14)16)23-12-20(25)24-19-11-15(21)9-10-18(19)22/h2-11,13,23H,12H2,1H3,(H,24,25)/t13-/m0/s1. The fraction of sp³-hybridized carbons (Fsp3) is 0.150. The van der Waals surface area contributed by atoms with Crippen LogP contribution in [0, 0.1) is 0 Å². The van der Waals surface area contributed by atoms with Crippen molar-refractivity contribution in [1.82, 2.24) is 5.32 Å². The molecule has 0 aliphatic heterocycles. The molecular formula is C20H18Cl2N2O. The van der Waals surface area contributed by atoms with Gasteiger partial charge < -0.3 is 10.6 Å². The van der Waals surface area contributed by atoms with E-state index in [4.69, 9.17) is 23.2 Å². The molecule has 0 aliphatic carbocycles. The van der Waals surface area contributed by atoms with Crippen LogP contribution in [-0.4, -0.2) is 12.5 Å². The molecule has 3 rings (SSSR count). The van der Waals surface area contributed by atoms with E-state index in [1.807, 2.05) is 25.1 Å². The van der Waals surface area contributed by atoms with Crippen molar-refractivity contribution in [2.24, 2.45) is 0 Å². The van der Waals surface area contributed by atoms with Crippen LogP contribution in [0.1, 0.15) is 18.5 Å². The van der Waals surface area contributed by atoms with Gasteiger partial charge in [-0.3, -0.25) is 4.79 Å². The molecule has 0 spiro atoms. The van der Waals surface area contributed by atoms with E-state index in [2.05, 4.69) is 34.9 Å². The summed E-state index contributed by atoms with van der Waals surface area (Å²) in [6.45, 7) is 2.22. The van der Waals surface area contributed by atoms with Crippen LogP contribution in [0.4, 0.5) is 5.69 Å². The Morgan fingerprint density at radius 1 is 1.04 bits per heavy atom. The number of benzene rings is 3. The highest BCUT2D eigenvalue weighted by Crippen LogP contribution is 2.26. The largest absolute Gasteiger partial charge is 0.324 e. The third-order valence-electron chi connectivity index (χ3n) is 4.06. The number of hydrogen-bond donors (Lipinski definition) is 2. The predicted molar refractivity (Wildman–Crippen MR) is 105 cm³/mol. The molecule has 0 heterocycles. The zero-order valence-corrected chi connectivity index (χ0v) is 15.2.